The van der Waals surface area contributed by atoms with Crippen molar-refractivity contribution in [1.29, 1.82) is 0 Å². The van der Waals surface area contributed by atoms with E-state index >= 15 is 0 Å². The number of carbonyl (C=O) groups excluding carboxylic acids is 3. The van der Waals surface area contributed by atoms with Crippen molar-refractivity contribution in [2.24, 2.45) is 0 Å². The molecule has 66 heavy (non-hydrogen) atoms. The van der Waals surface area contributed by atoms with E-state index in [4.69, 9.17) is 18.9 Å². The highest BCUT2D eigenvalue weighted by Gasteiger charge is 2.35. The van der Waals surface area contributed by atoms with Crippen LogP contribution in [0.15, 0.2) is 36.4 Å². The zero-order valence-corrected chi connectivity index (χ0v) is 38.5. The Bertz CT molecular complexity index is 1850. The topological polar surface area (TPSA) is 135 Å². The number of benzene rings is 2. The Morgan fingerprint density at radius 2 is 1.15 bits per heavy atom. The second-order valence-corrected chi connectivity index (χ2v) is 17.9. The van der Waals surface area contributed by atoms with E-state index in [0.717, 1.165) is 19.6 Å². The molecule has 4 saturated heterocycles. The van der Waals surface area contributed by atoms with Crippen LogP contribution in [0.5, 0.6) is 11.5 Å². The van der Waals surface area contributed by atoms with Crippen molar-refractivity contribution < 1.29 is 69.1 Å². The van der Waals surface area contributed by atoms with Gasteiger partial charge >= 0.3 is 24.9 Å². The first-order chi connectivity index (χ1) is 30.3. The van der Waals surface area contributed by atoms with Gasteiger partial charge in [-0.15, -0.1) is 26.3 Å². The summed E-state index contributed by atoms with van der Waals surface area (Å²) in [4.78, 5) is 44.2. The van der Waals surface area contributed by atoms with Crippen LogP contribution in [-0.4, -0.2) is 161 Å². The Morgan fingerprint density at radius 1 is 0.682 bits per heavy atom. The lowest BCUT2D eigenvalue weighted by Crippen LogP contribution is -2.54. The van der Waals surface area contributed by atoms with Gasteiger partial charge in [-0.2, -0.15) is 0 Å². The molecule has 2 aromatic rings. The van der Waals surface area contributed by atoms with Gasteiger partial charge in [0.15, 0.2) is 6.29 Å². The second kappa shape index (κ2) is 24.3. The highest BCUT2D eigenvalue weighted by molar-refractivity contribution is 5.81. The van der Waals surface area contributed by atoms with Crippen LogP contribution in [0.3, 0.4) is 0 Å². The van der Waals surface area contributed by atoms with E-state index in [1.807, 2.05) is 76.2 Å². The van der Waals surface area contributed by atoms with E-state index in [2.05, 4.69) is 14.8 Å². The normalized spacial score (nSPS) is 19.8. The number of rotatable bonds is 7. The van der Waals surface area contributed by atoms with Gasteiger partial charge in [0.25, 0.3) is 0 Å². The molecule has 0 radical (unpaired) electrons. The van der Waals surface area contributed by atoms with Gasteiger partial charge in [-0.3, -0.25) is 9.69 Å². The molecule has 0 unspecified atom stereocenters. The number of carbonyl (C=O) groups is 3. The first-order valence-corrected chi connectivity index (χ1v) is 21.6. The summed E-state index contributed by atoms with van der Waals surface area (Å²) in [6.45, 7) is 23.8. The van der Waals surface area contributed by atoms with Crippen molar-refractivity contribution in [3.63, 3.8) is 0 Å². The van der Waals surface area contributed by atoms with Crippen LogP contribution in [0.25, 0.3) is 0 Å². The average Bonchev–Trinajstić information content (AvgIpc) is 3.20. The maximum atomic E-state index is 13.1. The monoisotopic (exact) mass is 950 g/mol. The Kier molecular flexibility index (Phi) is 20.5. The highest BCUT2D eigenvalue weighted by atomic mass is 19.4. The van der Waals surface area contributed by atoms with E-state index in [9.17, 15) is 40.7 Å². The number of morpholine rings is 2. The highest BCUT2D eigenvalue weighted by Crippen LogP contribution is 2.33. The summed E-state index contributed by atoms with van der Waals surface area (Å²) in [5.41, 5.74) is 0.598. The van der Waals surface area contributed by atoms with Crippen molar-refractivity contribution in [2.75, 3.05) is 102 Å². The number of aldehydes is 1. The second-order valence-electron chi connectivity index (χ2n) is 17.9. The molecule has 4 fully saturated rings. The van der Waals surface area contributed by atoms with Gasteiger partial charge in [0.05, 0.1) is 32.0 Å². The van der Waals surface area contributed by atoms with Crippen molar-refractivity contribution in [3.05, 3.63) is 47.5 Å². The van der Waals surface area contributed by atoms with Crippen LogP contribution < -0.4 is 24.6 Å². The fourth-order valence-corrected chi connectivity index (χ4v) is 7.21. The molecule has 0 bridgehead atoms. The minimum absolute atomic E-state index is 0. The molecule has 0 aromatic heterocycles. The third kappa shape index (κ3) is 18.9. The van der Waals surface area contributed by atoms with Crippen LogP contribution in [0.2, 0.25) is 0 Å². The van der Waals surface area contributed by atoms with E-state index in [-0.39, 0.29) is 43.0 Å². The van der Waals surface area contributed by atoms with Gasteiger partial charge in [0.2, 0.25) is 0 Å². The number of nitrogens with one attached hydrogen (secondary N) is 1. The summed E-state index contributed by atoms with van der Waals surface area (Å²) in [6, 6.07) is 9.20. The standard InChI is InChI=1S/C22H32F3N3O4.C12H12F3NO3.C10H20N2O2.CH4/c1-16-14-26(7-8-28(16)20(29)32-21(2,3)4)15-17-5-6-18(27-9-11-30-12-10-27)13-19(17)31-22(23,24)25;13-12(14,15)19-11-7-10(2-1-9(11)8-17)16-3-5-18-6-4-16;1-8-7-11-5-6-12(8)9(13)14-10(2,3)4;/h5-6,13,16H,7-12,14-15H2,1-4H3;1-2,7-8H,3-6H2;8,11H,5-7H2,1-4H3;1H4/t16-;;8-;/m0.0./s1. The van der Waals surface area contributed by atoms with Crippen molar-refractivity contribution >= 4 is 29.8 Å². The molecule has 374 valence electrons. The van der Waals surface area contributed by atoms with Gasteiger partial charge in [0, 0.05) is 113 Å². The fraction of sp³-hybridized carbons (Fsp3) is 0.667. The van der Waals surface area contributed by atoms with Gasteiger partial charge in [-0.1, -0.05) is 13.5 Å². The Hall–Kier alpha value is -4.73. The van der Waals surface area contributed by atoms with E-state index in [0.29, 0.717) is 102 Å². The molecule has 6 rings (SSSR count). The van der Waals surface area contributed by atoms with Gasteiger partial charge < -0.3 is 53.3 Å². The van der Waals surface area contributed by atoms with Crippen LogP contribution in [0.1, 0.15) is 78.7 Å². The molecule has 21 heteroatoms. The zero-order chi connectivity index (χ0) is 48.2. The number of nitrogens with zero attached hydrogens (tertiary/aromatic N) is 5. The SMILES string of the molecule is C.C[C@H]1CN(Cc2ccc(N3CCOCC3)cc2OC(F)(F)F)CCN1C(=O)OC(C)(C)C.C[C@H]1CNCCN1C(=O)OC(C)(C)C.O=Cc1ccc(N2CCOCC2)cc1OC(F)(F)F. The predicted molar refractivity (Wildman–Crippen MR) is 237 cm³/mol. The molecule has 0 aliphatic carbocycles. The lowest BCUT2D eigenvalue weighted by molar-refractivity contribution is -0.275. The Balaban J connectivity index is 0.000000288. The quantitative estimate of drug-likeness (QED) is 0.213. The first-order valence-electron chi connectivity index (χ1n) is 21.6. The fourth-order valence-electron chi connectivity index (χ4n) is 7.21. The molecule has 4 heterocycles. The maximum Gasteiger partial charge on any atom is 0.573 e. The number of anilines is 2. The van der Waals surface area contributed by atoms with Gasteiger partial charge in [-0.05, 0) is 73.6 Å². The number of hydrogen-bond donors (Lipinski definition) is 1. The predicted octanol–water partition coefficient (Wildman–Crippen LogP) is 7.95. The summed E-state index contributed by atoms with van der Waals surface area (Å²) in [7, 11) is 0. The smallest absolute Gasteiger partial charge is 0.444 e. The summed E-state index contributed by atoms with van der Waals surface area (Å²) in [6.07, 6.45) is -9.83. The number of hydrogen-bond acceptors (Lipinski definition) is 13. The number of piperazine rings is 2. The first kappa shape index (κ1) is 55.6. The third-order valence-corrected chi connectivity index (χ3v) is 10.2. The molecule has 4 aliphatic rings. The maximum absolute atomic E-state index is 13.1. The molecule has 2 atom stereocenters. The molecule has 2 aromatic carbocycles. The zero-order valence-electron chi connectivity index (χ0n) is 38.5. The molecule has 4 aliphatic heterocycles. The van der Waals surface area contributed by atoms with Gasteiger partial charge in [-0.25, -0.2) is 9.59 Å². The Morgan fingerprint density at radius 3 is 1.61 bits per heavy atom. The molecule has 1 N–H and O–H groups in total. The van der Waals surface area contributed by atoms with Crippen LogP contribution >= 0.6 is 0 Å². The molecule has 0 spiro atoms. The summed E-state index contributed by atoms with van der Waals surface area (Å²) in [5, 5.41) is 3.23. The van der Waals surface area contributed by atoms with E-state index < -0.39 is 29.7 Å². The van der Waals surface area contributed by atoms with E-state index in [1.165, 1.54) is 18.2 Å². The van der Waals surface area contributed by atoms with Crippen molar-refractivity contribution in [2.45, 2.75) is 105 Å². The average molecular weight is 951 g/mol. The Labute approximate surface area is 384 Å². The number of ether oxygens (including phenoxy) is 6. The number of alkyl halides is 6. The number of halogens is 6. The molecule has 2 amide bonds. The van der Waals surface area contributed by atoms with Crippen molar-refractivity contribution in [3.8, 4) is 11.5 Å². The van der Waals surface area contributed by atoms with Crippen LogP contribution in [-0.2, 0) is 25.5 Å². The van der Waals surface area contributed by atoms with E-state index in [1.54, 1.807) is 21.9 Å². The minimum atomic E-state index is -4.82. The number of amides is 2. The molecular formula is C45H68F6N6O9. The van der Waals surface area contributed by atoms with Crippen LogP contribution in [0, 0.1) is 0 Å². The van der Waals surface area contributed by atoms with Crippen molar-refractivity contribution in [1.82, 2.24) is 20.0 Å². The summed E-state index contributed by atoms with van der Waals surface area (Å²) in [5.74, 6) is -0.671. The largest absolute Gasteiger partial charge is 0.573 e. The van der Waals surface area contributed by atoms with Crippen LogP contribution in [0.4, 0.5) is 47.3 Å². The molecule has 15 nitrogen and oxygen atoms in total. The molecular weight excluding hydrogens is 883 g/mol. The summed E-state index contributed by atoms with van der Waals surface area (Å²) < 4.78 is 106. The minimum Gasteiger partial charge on any atom is -0.444 e. The molecule has 0 saturated carbocycles. The lowest BCUT2D eigenvalue weighted by Gasteiger charge is -2.40. The lowest BCUT2D eigenvalue weighted by atomic mass is 10.1. The third-order valence-electron chi connectivity index (χ3n) is 10.2. The summed E-state index contributed by atoms with van der Waals surface area (Å²) >= 11 is 0. The van der Waals surface area contributed by atoms with Gasteiger partial charge in [0.1, 0.15) is 22.7 Å².